The Morgan fingerprint density at radius 3 is 2.88 bits per heavy atom. The van der Waals surface area contributed by atoms with Crippen molar-refractivity contribution in [1.82, 2.24) is 0 Å². The Morgan fingerprint density at radius 1 is 1.41 bits per heavy atom. The second-order valence-electron chi connectivity index (χ2n) is 3.43. The van der Waals surface area contributed by atoms with Gasteiger partial charge in [-0.05, 0) is 23.6 Å². The van der Waals surface area contributed by atoms with Crippen LogP contribution in [0.4, 0.5) is 15.8 Å². The summed E-state index contributed by atoms with van der Waals surface area (Å²) in [4.78, 5) is 0.971. The first-order chi connectivity index (χ1) is 8.22. The molecule has 86 valence electrons. The first-order valence-corrected chi connectivity index (χ1v) is 5.84. The van der Waals surface area contributed by atoms with Crippen LogP contribution in [-0.4, -0.2) is 0 Å². The molecule has 0 atom stereocenters. The van der Waals surface area contributed by atoms with Gasteiger partial charge in [-0.15, -0.1) is 11.3 Å². The monoisotopic (exact) mass is 247 g/mol. The van der Waals surface area contributed by atoms with Crippen LogP contribution < -0.4 is 11.1 Å². The van der Waals surface area contributed by atoms with Gasteiger partial charge in [0, 0.05) is 10.6 Å². The van der Waals surface area contributed by atoms with E-state index in [2.05, 4.69) is 5.32 Å². The molecular weight excluding hydrogens is 237 g/mol. The van der Waals surface area contributed by atoms with Gasteiger partial charge in [0.2, 0.25) is 0 Å². The van der Waals surface area contributed by atoms with Crippen molar-refractivity contribution in [2.75, 3.05) is 11.1 Å². The molecule has 5 heteroatoms. The Bertz CT molecular complexity index is 571. The number of benzene rings is 1. The highest BCUT2D eigenvalue weighted by atomic mass is 32.1. The molecular formula is C12H10FN3S. The molecule has 1 aromatic carbocycles. The maximum atomic E-state index is 13.3. The molecule has 0 saturated carbocycles. The van der Waals surface area contributed by atoms with Crippen molar-refractivity contribution in [1.29, 1.82) is 5.26 Å². The van der Waals surface area contributed by atoms with E-state index in [-0.39, 0.29) is 5.56 Å². The Balaban J connectivity index is 2.18. The fraction of sp³-hybridized carbons (Fsp3) is 0.0833. The van der Waals surface area contributed by atoms with E-state index in [4.69, 9.17) is 11.0 Å². The lowest BCUT2D eigenvalue weighted by Crippen LogP contribution is -2.02. The van der Waals surface area contributed by atoms with E-state index in [0.717, 1.165) is 4.88 Å². The van der Waals surface area contributed by atoms with Gasteiger partial charge >= 0.3 is 0 Å². The second kappa shape index (κ2) is 4.85. The highest BCUT2D eigenvalue weighted by Crippen LogP contribution is 2.22. The summed E-state index contributed by atoms with van der Waals surface area (Å²) in [5.41, 5.74) is 6.96. The van der Waals surface area contributed by atoms with E-state index in [1.807, 2.05) is 17.5 Å². The van der Waals surface area contributed by atoms with Crippen molar-refractivity contribution >= 4 is 22.7 Å². The summed E-state index contributed by atoms with van der Waals surface area (Å²) < 4.78 is 13.3. The van der Waals surface area contributed by atoms with E-state index in [1.54, 1.807) is 12.1 Å². The molecule has 0 aliphatic carbocycles. The predicted molar refractivity (Wildman–Crippen MR) is 67.2 cm³/mol. The van der Waals surface area contributed by atoms with Gasteiger partial charge in [-0.1, -0.05) is 6.07 Å². The quantitative estimate of drug-likeness (QED) is 0.876. The van der Waals surface area contributed by atoms with Gasteiger partial charge in [-0.3, -0.25) is 0 Å². The third kappa shape index (κ3) is 2.37. The predicted octanol–water partition coefficient (Wildman–Crippen LogP) is 2.95. The molecule has 0 amide bonds. The molecule has 1 aromatic heterocycles. The molecule has 0 aliphatic rings. The highest BCUT2D eigenvalue weighted by Gasteiger charge is 2.08. The highest BCUT2D eigenvalue weighted by molar-refractivity contribution is 7.10. The zero-order chi connectivity index (χ0) is 12.3. The number of hydrogen-bond acceptors (Lipinski definition) is 4. The number of halogens is 1. The maximum absolute atomic E-state index is 13.3. The minimum atomic E-state index is -0.517. The fourth-order valence-corrected chi connectivity index (χ4v) is 2.19. The largest absolute Gasteiger partial charge is 0.398 e. The first-order valence-electron chi connectivity index (χ1n) is 4.96. The molecule has 2 aromatic rings. The van der Waals surface area contributed by atoms with Gasteiger partial charge < -0.3 is 11.1 Å². The third-order valence-electron chi connectivity index (χ3n) is 2.34. The molecule has 0 fully saturated rings. The topological polar surface area (TPSA) is 61.8 Å². The molecule has 0 radical (unpaired) electrons. The maximum Gasteiger partial charge on any atom is 0.143 e. The lowest BCUT2D eigenvalue weighted by molar-refractivity contribution is 0.624. The van der Waals surface area contributed by atoms with Crippen molar-refractivity contribution in [3.05, 3.63) is 45.9 Å². The molecule has 1 heterocycles. The average molecular weight is 247 g/mol. The molecule has 2 rings (SSSR count). The number of nitrogens with one attached hydrogen (secondary N) is 1. The summed E-state index contributed by atoms with van der Waals surface area (Å²) in [7, 11) is 0. The van der Waals surface area contributed by atoms with E-state index < -0.39 is 5.82 Å². The number of nitriles is 1. The van der Waals surface area contributed by atoms with Crippen LogP contribution in [0.5, 0.6) is 0 Å². The standard InChI is InChI=1S/C12H10FN3S/c13-9-2-1-3-11(8(9)6-14)16-7-12-10(15)4-5-17-12/h1-5,16H,7,15H2. The molecule has 17 heavy (non-hydrogen) atoms. The fourth-order valence-electron chi connectivity index (χ4n) is 1.45. The summed E-state index contributed by atoms with van der Waals surface area (Å²) in [5, 5.41) is 13.8. The number of nitrogen functional groups attached to an aromatic ring is 1. The summed E-state index contributed by atoms with van der Waals surface area (Å²) in [6.45, 7) is 0.488. The van der Waals surface area contributed by atoms with Crippen molar-refractivity contribution < 1.29 is 4.39 Å². The lowest BCUT2D eigenvalue weighted by atomic mass is 10.2. The van der Waals surface area contributed by atoms with Crippen LogP contribution >= 0.6 is 11.3 Å². The number of thiophene rings is 1. The molecule has 0 unspecified atom stereocenters. The normalized spacial score (nSPS) is 9.88. The summed E-state index contributed by atoms with van der Waals surface area (Å²) in [6, 6.07) is 8.17. The molecule has 0 saturated heterocycles. The average Bonchev–Trinajstić information content (AvgIpc) is 2.72. The summed E-state index contributed by atoms with van der Waals surface area (Å²) in [6.07, 6.45) is 0. The zero-order valence-electron chi connectivity index (χ0n) is 8.90. The third-order valence-corrected chi connectivity index (χ3v) is 3.28. The Hall–Kier alpha value is -2.06. The minimum Gasteiger partial charge on any atom is -0.398 e. The van der Waals surface area contributed by atoms with Crippen LogP contribution in [0.15, 0.2) is 29.6 Å². The Labute approximate surface area is 102 Å². The summed E-state index contributed by atoms with van der Waals surface area (Å²) >= 11 is 1.52. The number of hydrogen-bond donors (Lipinski definition) is 2. The van der Waals surface area contributed by atoms with Crippen molar-refractivity contribution in [2.45, 2.75) is 6.54 Å². The van der Waals surface area contributed by atoms with Gasteiger partial charge in [0.25, 0.3) is 0 Å². The van der Waals surface area contributed by atoms with E-state index in [1.165, 1.54) is 17.4 Å². The van der Waals surface area contributed by atoms with E-state index in [0.29, 0.717) is 17.9 Å². The van der Waals surface area contributed by atoms with Crippen molar-refractivity contribution in [2.24, 2.45) is 0 Å². The van der Waals surface area contributed by atoms with Gasteiger partial charge in [0.05, 0.1) is 12.2 Å². The van der Waals surface area contributed by atoms with Crippen LogP contribution in [0, 0.1) is 17.1 Å². The summed E-state index contributed by atoms with van der Waals surface area (Å²) in [5.74, 6) is -0.517. The smallest absolute Gasteiger partial charge is 0.143 e. The van der Waals surface area contributed by atoms with Crippen molar-refractivity contribution in [3.63, 3.8) is 0 Å². The first kappa shape index (κ1) is 11.4. The molecule has 0 spiro atoms. The molecule has 0 bridgehead atoms. The van der Waals surface area contributed by atoms with Crippen molar-refractivity contribution in [3.8, 4) is 6.07 Å². The Kier molecular flexibility index (Phi) is 3.26. The molecule has 3 nitrogen and oxygen atoms in total. The van der Waals surface area contributed by atoms with Crippen LogP contribution in [0.1, 0.15) is 10.4 Å². The van der Waals surface area contributed by atoms with Gasteiger partial charge in [-0.25, -0.2) is 4.39 Å². The minimum absolute atomic E-state index is 0.0302. The van der Waals surface area contributed by atoms with Gasteiger partial charge in [0.15, 0.2) is 0 Å². The van der Waals surface area contributed by atoms with Crippen LogP contribution in [0.2, 0.25) is 0 Å². The zero-order valence-corrected chi connectivity index (χ0v) is 9.72. The van der Waals surface area contributed by atoms with Gasteiger partial charge in [-0.2, -0.15) is 5.26 Å². The Morgan fingerprint density at radius 2 is 2.24 bits per heavy atom. The number of nitrogens with zero attached hydrogens (tertiary/aromatic N) is 1. The van der Waals surface area contributed by atoms with Crippen LogP contribution in [-0.2, 0) is 6.54 Å². The number of rotatable bonds is 3. The molecule has 3 N–H and O–H groups in total. The second-order valence-corrected chi connectivity index (χ2v) is 4.43. The van der Waals surface area contributed by atoms with E-state index in [9.17, 15) is 4.39 Å². The van der Waals surface area contributed by atoms with Gasteiger partial charge in [0.1, 0.15) is 17.4 Å². The van der Waals surface area contributed by atoms with E-state index >= 15 is 0 Å². The van der Waals surface area contributed by atoms with Crippen LogP contribution in [0.25, 0.3) is 0 Å². The number of nitrogens with two attached hydrogens (primary N) is 1. The SMILES string of the molecule is N#Cc1c(F)cccc1NCc1sccc1N. The lowest BCUT2D eigenvalue weighted by Gasteiger charge is -2.07. The molecule has 0 aliphatic heterocycles. The number of anilines is 2. The van der Waals surface area contributed by atoms with Crippen LogP contribution in [0.3, 0.4) is 0 Å².